The van der Waals surface area contributed by atoms with Crippen molar-refractivity contribution >= 4 is 22.8 Å². The quantitative estimate of drug-likeness (QED) is 0.537. The van der Waals surface area contributed by atoms with Crippen LogP contribution in [-0.2, 0) is 17.9 Å². The Morgan fingerprint density at radius 2 is 2.07 bits per heavy atom. The van der Waals surface area contributed by atoms with E-state index in [1.54, 1.807) is 23.1 Å². The number of nitrogen functional groups attached to an aromatic ring is 1. The average molecular weight is 364 g/mol. The Hall–Kier alpha value is -3.82. The maximum atomic E-state index is 10.7. The molecule has 4 aromatic rings. The van der Waals surface area contributed by atoms with Gasteiger partial charge in [0.25, 0.3) is 0 Å². The number of carboxylic acids is 1. The smallest absolute Gasteiger partial charge is 0.325 e. The molecule has 0 bridgehead atoms. The molecule has 0 unspecified atom stereocenters. The number of nitrogens with two attached hydrogens (primary N) is 1. The van der Waals surface area contributed by atoms with E-state index in [0.29, 0.717) is 23.6 Å². The van der Waals surface area contributed by atoms with Crippen molar-refractivity contribution in [3.05, 3.63) is 47.9 Å². The predicted octanol–water partition coefficient (Wildman–Crippen LogP) is 1.11. The third-order valence-electron chi connectivity index (χ3n) is 4.04. The largest absolute Gasteiger partial charge is 0.480 e. The molecule has 136 valence electrons. The monoisotopic (exact) mass is 364 g/mol. The minimum absolute atomic E-state index is 0.175. The minimum Gasteiger partial charge on any atom is -0.480 e. The lowest BCUT2D eigenvalue weighted by Gasteiger charge is -2.06. The summed E-state index contributed by atoms with van der Waals surface area (Å²) in [6.45, 7) is 2.13. The molecule has 0 radical (unpaired) electrons. The normalized spacial score (nSPS) is 11.1. The topological polar surface area (TPSA) is 138 Å². The molecule has 0 fully saturated rings. The van der Waals surface area contributed by atoms with E-state index >= 15 is 0 Å². The molecule has 27 heavy (non-hydrogen) atoms. The van der Waals surface area contributed by atoms with E-state index in [-0.39, 0.29) is 12.5 Å². The molecule has 10 nitrogen and oxygen atoms in total. The number of anilines is 1. The van der Waals surface area contributed by atoms with E-state index in [0.717, 1.165) is 16.5 Å². The molecule has 0 saturated carbocycles. The first-order chi connectivity index (χ1) is 13.0. The van der Waals surface area contributed by atoms with E-state index in [9.17, 15) is 4.79 Å². The Bertz CT molecular complexity index is 1150. The van der Waals surface area contributed by atoms with E-state index in [1.807, 2.05) is 25.1 Å². The predicted molar refractivity (Wildman–Crippen MR) is 96.7 cm³/mol. The first kappa shape index (κ1) is 16.6. The average Bonchev–Trinajstić information content (AvgIpc) is 3.24. The van der Waals surface area contributed by atoms with Gasteiger partial charge < -0.3 is 10.8 Å². The first-order valence-electron chi connectivity index (χ1n) is 8.17. The third-order valence-corrected chi connectivity index (χ3v) is 4.04. The summed E-state index contributed by atoms with van der Waals surface area (Å²) in [5.74, 6) is -0.773. The number of hydrogen-bond donors (Lipinski definition) is 2. The van der Waals surface area contributed by atoms with Crippen molar-refractivity contribution in [2.45, 2.75) is 20.0 Å². The SMILES string of the molecule is Cc1cccc2c(-c3cn(Cc4ccn(CC(=O)O)n4)nn3)nc(N)nc12. The highest BCUT2D eigenvalue weighted by Crippen LogP contribution is 2.26. The Labute approximate surface area is 153 Å². The summed E-state index contributed by atoms with van der Waals surface area (Å²) in [6.07, 6.45) is 3.36. The molecule has 3 aromatic heterocycles. The van der Waals surface area contributed by atoms with Crippen molar-refractivity contribution in [2.75, 3.05) is 5.73 Å². The number of aromatic nitrogens is 7. The number of rotatable bonds is 5. The van der Waals surface area contributed by atoms with Crippen LogP contribution in [0.3, 0.4) is 0 Å². The van der Waals surface area contributed by atoms with Gasteiger partial charge in [0.1, 0.15) is 17.9 Å². The second-order valence-electron chi connectivity index (χ2n) is 6.10. The molecule has 0 spiro atoms. The molecule has 0 atom stereocenters. The Morgan fingerprint density at radius 1 is 1.22 bits per heavy atom. The zero-order valence-corrected chi connectivity index (χ0v) is 14.4. The van der Waals surface area contributed by atoms with Gasteiger partial charge in [0.05, 0.1) is 24.0 Å². The van der Waals surface area contributed by atoms with E-state index in [4.69, 9.17) is 10.8 Å². The van der Waals surface area contributed by atoms with Crippen molar-refractivity contribution in [1.82, 2.24) is 34.7 Å². The highest BCUT2D eigenvalue weighted by Gasteiger charge is 2.14. The minimum atomic E-state index is -0.948. The lowest BCUT2D eigenvalue weighted by Crippen LogP contribution is -2.10. The summed E-state index contributed by atoms with van der Waals surface area (Å²) < 4.78 is 2.97. The molecule has 0 saturated heterocycles. The maximum absolute atomic E-state index is 10.7. The van der Waals surface area contributed by atoms with E-state index in [1.165, 1.54) is 4.68 Å². The van der Waals surface area contributed by atoms with Gasteiger partial charge in [-0.25, -0.2) is 14.6 Å². The highest BCUT2D eigenvalue weighted by molar-refractivity contribution is 5.93. The molecule has 4 rings (SSSR count). The molecule has 0 aliphatic carbocycles. The lowest BCUT2D eigenvalue weighted by atomic mass is 10.1. The van der Waals surface area contributed by atoms with Gasteiger partial charge in [-0.3, -0.25) is 9.48 Å². The van der Waals surface area contributed by atoms with Crippen molar-refractivity contribution in [2.24, 2.45) is 0 Å². The van der Waals surface area contributed by atoms with Crippen molar-refractivity contribution in [1.29, 1.82) is 0 Å². The number of hydrogen-bond acceptors (Lipinski definition) is 7. The standard InChI is InChI=1S/C17H16N8O2/c1-10-3-2-4-12-15(10)19-17(18)20-16(12)13-8-25(23-21-13)7-11-5-6-24(22-11)9-14(26)27/h2-6,8H,7,9H2,1H3,(H,26,27)(H2,18,19,20). The van der Waals surface area contributed by atoms with Gasteiger partial charge >= 0.3 is 5.97 Å². The molecule has 10 heteroatoms. The fraction of sp³-hybridized carbons (Fsp3) is 0.176. The van der Waals surface area contributed by atoms with Gasteiger partial charge in [-0.1, -0.05) is 23.4 Å². The number of carboxylic acid groups (broad SMARTS) is 1. The molecule has 1 aromatic carbocycles. The van der Waals surface area contributed by atoms with Crippen LogP contribution in [0, 0.1) is 6.92 Å². The molecule has 0 amide bonds. The first-order valence-corrected chi connectivity index (χ1v) is 8.17. The van der Waals surface area contributed by atoms with Gasteiger partial charge in [-0.15, -0.1) is 5.10 Å². The summed E-state index contributed by atoms with van der Waals surface area (Å²) >= 11 is 0. The van der Waals surface area contributed by atoms with Crippen molar-refractivity contribution < 1.29 is 9.90 Å². The van der Waals surface area contributed by atoms with Crippen LogP contribution in [0.15, 0.2) is 36.7 Å². The summed E-state index contributed by atoms with van der Waals surface area (Å²) in [5.41, 5.74) is 9.51. The zero-order valence-electron chi connectivity index (χ0n) is 14.4. The number of benzene rings is 1. The van der Waals surface area contributed by atoms with Gasteiger partial charge in [0, 0.05) is 11.6 Å². The van der Waals surface area contributed by atoms with Gasteiger partial charge in [-0.2, -0.15) is 5.10 Å². The van der Waals surface area contributed by atoms with Crippen LogP contribution < -0.4 is 5.73 Å². The molecule has 3 N–H and O–H groups in total. The highest BCUT2D eigenvalue weighted by atomic mass is 16.4. The van der Waals surface area contributed by atoms with E-state index in [2.05, 4.69) is 25.4 Å². The number of carbonyl (C=O) groups is 1. The number of fused-ring (bicyclic) bond motifs is 1. The fourth-order valence-corrected chi connectivity index (χ4v) is 2.87. The van der Waals surface area contributed by atoms with Crippen LogP contribution in [0.4, 0.5) is 5.95 Å². The molecule has 0 aliphatic heterocycles. The number of aryl methyl sites for hydroxylation is 1. The third kappa shape index (κ3) is 3.32. The van der Waals surface area contributed by atoms with Crippen molar-refractivity contribution in [3.63, 3.8) is 0 Å². The Kier molecular flexibility index (Phi) is 3.99. The fourth-order valence-electron chi connectivity index (χ4n) is 2.87. The number of nitrogens with zero attached hydrogens (tertiary/aromatic N) is 7. The number of para-hydroxylation sites is 1. The number of aliphatic carboxylic acids is 1. The van der Waals surface area contributed by atoms with Crippen LogP contribution in [-0.4, -0.2) is 45.8 Å². The lowest BCUT2D eigenvalue weighted by molar-refractivity contribution is -0.137. The van der Waals surface area contributed by atoms with Crippen LogP contribution in [0.1, 0.15) is 11.3 Å². The molecular formula is C17H16N8O2. The van der Waals surface area contributed by atoms with Crippen LogP contribution >= 0.6 is 0 Å². The Balaban J connectivity index is 1.65. The van der Waals surface area contributed by atoms with Gasteiger partial charge in [0.15, 0.2) is 0 Å². The van der Waals surface area contributed by atoms with Crippen LogP contribution in [0.25, 0.3) is 22.3 Å². The summed E-state index contributed by atoms with van der Waals surface area (Å²) in [6, 6.07) is 7.55. The molecule has 3 heterocycles. The second kappa shape index (κ2) is 6.48. The Morgan fingerprint density at radius 3 is 2.89 bits per heavy atom. The molecule has 0 aliphatic rings. The van der Waals surface area contributed by atoms with E-state index < -0.39 is 5.97 Å². The van der Waals surface area contributed by atoms with Gasteiger partial charge in [0.2, 0.25) is 5.95 Å². The summed E-state index contributed by atoms with van der Waals surface area (Å²) in [7, 11) is 0. The van der Waals surface area contributed by atoms with Crippen LogP contribution in [0.2, 0.25) is 0 Å². The maximum Gasteiger partial charge on any atom is 0.325 e. The van der Waals surface area contributed by atoms with Crippen molar-refractivity contribution in [3.8, 4) is 11.4 Å². The summed E-state index contributed by atoms with van der Waals surface area (Å²) in [5, 5.41) is 22.2. The molecular weight excluding hydrogens is 348 g/mol. The van der Waals surface area contributed by atoms with Gasteiger partial charge in [-0.05, 0) is 18.6 Å². The second-order valence-corrected chi connectivity index (χ2v) is 6.10. The zero-order chi connectivity index (χ0) is 19.0. The summed E-state index contributed by atoms with van der Waals surface area (Å²) in [4.78, 5) is 19.4. The van der Waals surface area contributed by atoms with Crippen LogP contribution in [0.5, 0.6) is 0 Å².